The molecule has 0 fully saturated rings. The molecule has 0 aliphatic carbocycles. The van der Waals surface area contributed by atoms with Crippen molar-refractivity contribution >= 4 is 23.4 Å². The Balaban J connectivity index is 1.84. The molecule has 0 aliphatic heterocycles. The summed E-state index contributed by atoms with van der Waals surface area (Å²) < 4.78 is 2.02. The highest BCUT2D eigenvalue weighted by Gasteiger charge is 2.16. The highest BCUT2D eigenvalue weighted by atomic mass is 32.1. The van der Waals surface area contributed by atoms with E-state index >= 15 is 0 Å². The number of aliphatic carboxylic acids is 1. The minimum Gasteiger partial charge on any atom is -0.478 e. The van der Waals surface area contributed by atoms with Crippen LogP contribution in [0.2, 0.25) is 0 Å². The summed E-state index contributed by atoms with van der Waals surface area (Å²) in [6, 6.07) is 16.0. The highest BCUT2D eigenvalue weighted by molar-refractivity contribution is 7.12. The molecule has 6 heteroatoms. The Hall–Kier alpha value is -3.95. The number of thiophene rings is 1. The van der Waals surface area contributed by atoms with Crippen molar-refractivity contribution in [2.24, 2.45) is 0 Å². The lowest BCUT2D eigenvalue weighted by Crippen LogP contribution is -1.95. The molecule has 2 aromatic carbocycles. The molecule has 1 N–H and O–H groups in total. The second-order valence-electron chi connectivity index (χ2n) is 7.09. The van der Waals surface area contributed by atoms with E-state index in [-0.39, 0.29) is 0 Å². The Bertz CT molecular complexity index is 1340. The van der Waals surface area contributed by atoms with Crippen LogP contribution >= 0.6 is 11.3 Å². The van der Waals surface area contributed by atoms with Crippen LogP contribution in [0.15, 0.2) is 66.3 Å². The van der Waals surface area contributed by atoms with Crippen molar-refractivity contribution in [3.63, 3.8) is 0 Å². The van der Waals surface area contributed by atoms with Gasteiger partial charge in [0.1, 0.15) is 5.82 Å². The van der Waals surface area contributed by atoms with Gasteiger partial charge in [0, 0.05) is 40.2 Å². The highest BCUT2D eigenvalue weighted by Crippen LogP contribution is 2.41. The predicted octanol–water partition coefficient (Wildman–Crippen LogP) is 5.85. The SMILES string of the molecule is Cc1cc(C#N)ccc1-c1c(-c2ccc(-n3ccnc3C)cc2)csc1C=CC(=O)O. The fourth-order valence-corrected chi connectivity index (χ4v) is 4.58. The summed E-state index contributed by atoms with van der Waals surface area (Å²) in [5.74, 6) is -0.0734. The Morgan fingerprint density at radius 2 is 1.94 bits per heavy atom. The van der Waals surface area contributed by atoms with Gasteiger partial charge in [-0.25, -0.2) is 9.78 Å². The second kappa shape index (κ2) is 8.42. The Kier molecular flexibility index (Phi) is 5.52. The maximum atomic E-state index is 11.1. The third-order valence-corrected chi connectivity index (χ3v) is 6.05. The molecule has 4 rings (SSSR count). The Labute approximate surface area is 184 Å². The molecule has 152 valence electrons. The number of hydrogen-bond donors (Lipinski definition) is 1. The molecule has 0 spiro atoms. The Morgan fingerprint density at radius 3 is 2.55 bits per heavy atom. The van der Waals surface area contributed by atoms with Gasteiger partial charge in [-0.1, -0.05) is 18.2 Å². The zero-order chi connectivity index (χ0) is 22.0. The zero-order valence-corrected chi connectivity index (χ0v) is 17.9. The summed E-state index contributed by atoms with van der Waals surface area (Å²) in [7, 11) is 0. The number of carboxylic acids is 1. The third-order valence-electron chi connectivity index (χ3n) is 5.10. The zero-order valence-electron chi connectivity index (χ0n) is 17.0. The molecule has 5 nitrogen and oxygen atoms in total. The average Bonchev–Trinajstić information content (AvgIpc) is 3.38. The topological polar surface area (TPSA) is 78.9 Å². The molecule has 2 aromatic heterocycles. The van der Waals surface area contributed by atoms with Crippen molar-refractivity contribution in [1.29, 1.82) is 5.26 Å². The summed E-state index contributed by atoms with van der Waals surface area (Å²) in [6.07, 6.45) is 6.49. The molecule has 0 amide bonds. The summed E-state index contributed by atoms with van der Waals surface area (Å²) in [6.45, 7) is 3.92. The minimum atomic E-state index is -0.988. The van der Waals surface area contributed by atoms with Gasteiger partial charge in [-0.2, -0.15) is 5.26 Å². The van der Waals surface area contributed by atoms with Crippen LogP contribution in [0.4, 0.5) is 0 Å². The monoisotopic (exact) mass is 425 g/mol. The first kappa shape index (κ1) is 20.3. The predicted molar refractivity (Wildman–Crippen MR) is 123 cm³/mol. The largest absolute Gasteiger partial charge is 0.478 e. The van der Waals surface area contributed by atoms with Gasteiger partial charge in [0.05, 0.1) is 11.6 Å². The molecule has 4 aromatic rings. The molecule has 0 aliphatic rings. The lowest BCUT2D eigenvalue weighted by molar-refractivity contribution is -0.131. The first-order valence-corrected chi connectivity index (χ1v) is 10.5. The van der Waals surface area contributed by atoms with E-state index < -0.39 is 5.97 Å². The third kappa shape index (κ3) is 4.04. The van der Waals surface area contributed by atoms with Crippen LogP contribution < -0.4 is 0 Å². The van der Waals surface area contributed by atoms with Gasteiger partial charge < -0.3 is 9.67 Å². The number of nitrogens with zero attached hydrogens (tertiary/aromatic N) is 3. The van der Waals surface area contributed by atoms with E-state index in [4.69, 9.17) is 5.11 Å². The van der Waals surface area contributed by atoms with Gasteiger partial charge in [-0.05, 0) is 66.3 Å². The smallest absolute Gasteiger partial charge is 0.328 e. The van der Waals surface area contributed by atoms with Gasteiger partial charge in [-0.15, -0.1) is 11.3 Å². The number of aryl methyl sites for hydroxylation is 2. The fourth-order valence-electron chi connectivity index (χ4n) is 3.60. The van der Waals surface area contributed by atoms with Crippen molar-refractivity contribution in [2.45, 2.75) is 13.8 Å². The van der Waals surface area contributed by atoms with Gasteiger partial charge in [0.25, 0.3) is 0 Å². The normalized spacial score (nSPS) is 11.0. The lowest BCUT2D eigenvalue weighted by atomic mass is 9.92. The molecular formula is C25H19N3O2S. The van der Waals surface area contributed by atoms with Gasteiger partial charge in [0.15, 0.2) is 0 Å². The van der Waals surface area contributed by atoms with Crippen molar-refractivity contribution in [3.8, 4) is 34.0 Å². The summed E-state index contributed by atoms with van der Waals surface area (Å²) in [5, 5.41) is 20.4. The number of rotatable bonds is 5. The van der Waals surface area contributed by atoms with Crippen LogP contribution in [0.1, 0.15) is 21.8 Å². The number of hydrogen-bond acceptors (Lipinski definition) is 4. The van der Waals surface area contributed by atoms with Crippen molar-refractivity contribution < 1.29 is 9.90 Å². The quantitative estimate of drug-likeness (QED) is 0.407. The molecule has 0 saturated carbocycles. The number of aromatic nitrogens is 2. The van der Waals surface area contributed by atoms with E-state index in [9.17, 15) is 10.1 Å². The van der Waals surface area contributed by atoms with Crippen molar-refractivity contribution in [3.05, 3.63) is 88.1 Å². The molecule has 0 bridgehead atoms. The Morgan fingerprint density at radius 1 is 1.16 bits per heavy atom. The number of benzene rings is 2. The van der Waals surface area contributed by atoms with E-state index in [0.29, 0.717) is 5.56 Å². The van der Waals surface area contributed by atoms with Crippen LogP contribution in [0.25, 0.3) is 34.0 Å². The van der Waals surface area contributed by atoms with E-state index in [0.717, 1.165) is 50.3 Å². The molecule has 0 atom stereocenters. The summed E-state index contributed by atoms with van der Waals surface area (Å²) >= 11 is 1.50. The molecule has 0 unspecified atom stereocenters. The standard InChI is InChI=1S/C25H19N3O2S/c1-16-13-18(14-26)3-8-21(16)25-22(15-31-23(25)9-10-24(29)30)19-4-6-20(7-5-19)28-12-11-27-17(28)2/h3-13,15H,1-2H3,(H,29,30). The summed E-state index contributed by atoms with van der Waals surface area (Å²) in [4.78, 5) is 16.2. The van der Waals surface area contributed by atoms with Crippen molar-refractivity contribution in [1.82, 2.24) is 9.55 Å². The number of carboxylic acid groups (broad SMARTS) is 1. The van der Waals surface area contributed by atoms with Crippen LogP contribution in [0.5, 0.6) is 0 Å². The molecular weight excluding hydrogens is 406 g/mol. The number of nitriles is 1. The molecule has 31 heavy (non-hydrogen) atoms. The van der Waals surface area contributed by atoms with E-state index in [1.54, 1.807) is 18.3 Å². The van der Waals surface area contributed by atoms with E-state index in [1.807, 2.05) is 54.3 Å². The van der Waals surface area contributed by atoms with Crippen LogP contribution in [-0.2, 0) is 4.79 Å². The average molecular weight is 426 g/mol. The number of imidazole rings is 1. The molecule has 0 saturated heterocycles. The first-order chi connectivity index (χ1) is 15.0. The van der Waals surface area contributed by atoms with Crippen LogP contribution in [0, 0.1) is 25.2 Å². The van der Waals surface area contributed by atoms with Crippen LogP contribution in [-0.4, -0.2) is 20.6 Å². The maximum Gasteiger partial charge on any atom is 0.328 e. The fraction of sp³-hybridized carbons (Fsp3) is 0.0800. The summed E-state index contributed by atoms with van der Waals surface area (Å²) in [5.41, 5.74) is 6.60. The number of carbonyl (C=O) groups is 1. The van der Waals surface area contributed by atoms with E-state index in [2.05, 4.69) is 23.2 Å². The van der Waals surface area contributed by atoms with Gasteiger partial charge in [0.2, 0.25) is 0 Å². The van der Waals surface area contributed by atoms with Crippen molar-refractivity contribution in [2.75, 3.05) is 0 Å². The maximum absolute atomic E-state index is 11.1. The first-order valence-electron chi connectivity index (χ1n) is 9.62. The molecule has 2 heterocycles. The van der Waals surface area contributed by atoms with Crippen LogP contribution in [0.3, 0.4) is 0 Å². The van der Waals surface area contributed by atoms with E-state index in [1.165, 1.54) is 11.3 Å². The second-order valence-corrected chi connectivity index (χ2v) is 8.00. The lowest BCUT2D eigenvalue weighted by Gasteiger charge is -2.11. The van der Waals surface area contributed by atoms with Gasteiger partial charge >= 0.3 is 5.97 Å². The minimum absolute atomic E-state index is 0.598. The van der Waals surface area contributed by atoms with Gasteiger partial charge in [-0.3, -0.25) is 0 Å². The molecule has 0 radical (unpaired) electrons.